The first kappa shape index (κ1) is 22.9. The Labute approximate surface area is 199 Å². The van der Waals surface area contributed by atoms with Gasteiger partial charge in [0.05, 0.1) is 13.2 Å². The first-order chi connectivity index (χ1) is 16.6. The molecule has 0 aliphatic carbocycles. The van der Waals surface area contributed by atoms with Gasteiger partial charge in [-0.2, -0.15) is 0 Å². The molecule has 3 aromatic rings. The van der Waals surface area contributed by atoms with Crippen molar-refractivity contribution in [3.05, 3.63) is 56.0 Å². The third-order valence-electron chi connectivity index (χ3n) is 7.01. The Hall–Kier alpha value is -2.91. The number of ether oxygens (including phenoxy) is 1. The molecule has 182 valence electrons. The molecular weight excluding hydrogens is 432 g/mol. The zero-order valence-electron chi connectivity index (χ0n) is 20.2. The second-order valence-electron chi connectivity index (χ2n) is 9.30. The van der Waals surface area contributed by atoms with Crippen LogP contribution in [0.4, 0.5) is 0 Å². The van der Waals surface area contributed by atoms with Gasteiger partial charge in [-0.3, -0.25) is 24.1 Å². The normalized spacial score (nSPS) is 16.8. The zero-order chi connectivity index (χ0) is 23.7. The number of rotatable bonds is 8. The SMILES string of the molecule is CCCCn1c(=O)[nH]c(=O)c2c1nc(CN1CCN(Cc3ccc4c(c3)CCO4)CC1)n2CC. The summed E-state index contributed by atoms with van der Waals surface area (Å²) in [6, 6.07) is 6.56. The van der Waals surface area contributed by atoms with E-state index >= 15 is 0 Å². The van der Waals surface area contributed by atoms with Crippen LogP contribution in [-0.4, -0.2) is 61.7 Å². The van der Waals surface area contributed by atoms with Crippen LogP contribution in [0.1, 0.15) is 43.6 Å². The number of nitrogens with zero attached hydrogens (tertiary/aromatic N) is 5. The number of imidazole rings is 1. The summed E-state index contributed by atoms with van der Waals surface area (Å²) in [5, 5.41) is 0. The number of hydrogen-bond acceptors (Lipinski definition) is 6. The standard InChI is InChI=1S/C25H34N6O3/c1-3-5-9-31-23-22(24(32)27-25(31)33)30(4-2)21(26-23)17-29-12-10-28(11-13-29)16-18-6-7-20-19(15-18)8-14-34-20/h6-7,15H,3-5,8-14,16-17H2,1-2H3,(H,27,32,33). The minimum absolute atomic E-state index is 0.349. The number of aromatic amines is 1. The van der Waals surface area contributed by atoms with Crippen molar-refractivity contribution in [1.29, 1.82) is 0 Å². The number of fused-ring (bicyclic) bond motifs is 2. The van der Waals surface area contributed by atoms with Crippen LogP contribution in [0.25, 0.3) is 11.2 Å². The maximum atomic E-state index is 12.6. The van der Waals surface area contributed by atoms with Gasteiger partial charge in [-0.05, 0) is 30.5 Å². The Kier molecular flexibility index (Phi) is 6.56. The van der Waals surface area contributed by atoms with Crippen LogP contribution in [0.5, 0.6) is 5.75 Å². The molecule has 5 rings (SSSR count). The highest BCUT2D eigenvalue weighted by atomic mass is 16.5. The molecule has 4 heterocycles. The summed E-state index contributed by atoms with van der Waals surface area (Å²) < 4.78 is 9.21. The zero-order valence-corrected chi connectivity index (χ0v) is 20.2. The Morgan fingerprint density at radius 3 is 2.53 bits per heavy atom. The van der Waals surface area contributed by atoms with E-state index in [0.717, 1.165) is 70.2 Å². The van der Waals surface area contributed by atoms with Gasteiger partial charge in [0.25, 0.3) is 5.56 Å². The van der Waals surface area contributed by atoms with Gasteiger partial charge in [0.15, 0.2) is 11.2 Å². The van der Waals surface area contributed by atoms with E-state index < -0.39 is 0 Å². The van der Waals surface area contributed by atoms with Crippen molar-refractivity contribution in [3.8, 4) is 5.75 Å². The largest absolute Gasteiger partial charge is 0.493 e. The molecule has 1 saturated heterocycles. The van der Waals surface area contributed by atoms with Crippen LogP contribution < -0.4 is 16.0 Å². The lowest BCUT2D eigenvalue weighted by atomic mass is 10.1. The van der Waals surface area contributed by atoms with Crippen molar-refractivity contribution >= 4 is 11.2 Å². The van der Waals surface area contributed by atoms with E-state index in [2.05, 4.69) is 39.9 Å². The highest BCUT2D eigenvalue weighted by molar-refractivity contribution is 5.71. The van der Waals surface area contributed by atoms with Gasteiger partial charge in [-0.15, -0.1) is 0 Å². The maximum absolute atomic E-state index is 12.6. The van der Waals surface area contributed by atoms with E-state index in [0.29, 0.717) is 30.8 Å². The molecule has 9 nitrogen and oxygen atoms in total. The summed E-state index contributed by atoms with van der Waals surface area (Å²) in [4.78, 5) is 37.3. The van der Waals surface area contributed by atoms with Crippen molar-refractivity contribution in [2.45, 2.75) is 59.3 Å². The van der Waals surface area contributed by atoms with Crippen LogP contribution in [0.3, 0.4) is 0 Å². The summed E-state index contributed by atoms with van der Waals surface area (Å²) in [7, 11) is 0. The molecule has 1 N–H and O–H groups in total. The second-order valence-corrected chi connectivity index (χ2v) is 9.30. The number of unbranched alkanes of at least 4 members (excludes halogenated alkanes) is 1. The van der Waals surface area contributed by atoms with Crippen LogP contribution in [0.15, 0.2) is 27.8 Å². The molecule has 0 spiro atoms. The van der Waals surface area contributed by atoms with Gasteiger partial charge < -0.3 is 9.30 Å². The predicted octanol–water partition coefficient (Wildman–Crippen LogP) is 1.96. The Morgan fingerprint density at radius 1 is 1.03 bits per heavy atom. The first-order valence-electron chi connectivity index (χ1n) is 12.5. The molecule has 0 amide bonds. The lowest BCUT2D eigenvalue weighted by Gasteiger charge is -2.34. The van der Waals surface area contributed by atoms with E-state index in [4.69, 9.17) is 9.72 Å². The number of aryl methyl sites for hydroxylation is 2. The Bertz CT molecular complexity index is 1280. The third-order valence-corrected chi connectivity index (χ3v) is 7.01. The van der Waals surface area contributed by atoms with Gasteiger partial charge in [-0.25, -0.2) is 9.78 Å². The lowest BCUT2D eigenvalue weighted by Crippen LogP contribution is -2.45. The molecule has 34 heavy (non-hydrogen) atoms. The van der Waals surface area contributed by atoms with Crippen LogP contribution in [-0.2, 0) is 32.6 Å². The topological polar surface area (TPSA) is 88.4 Å². The molecule has 0 radical (unpaired) electrons. The molecule has 0 unspecified atom stereocenters. The van der Waals surface area contributed by atoms with Gasteiger partial charge >= 0.3 is 5.69 Å². The second kappa shape index (κ2) is 9.76. The van der Waals surface area contributed by atoms with Gasteiger partial charge in [0.2, 0.25) is 0 Å². The van der Waals surface area contributed by atoms with Gasteiger partial charge in [0, 0.05) is 52.2 Å². The summed E-state index contributed by atoms with van der Waals surface area (Å²) in [5.41, 5.74) is 2.96. The Balaban J connectivity index is 1.29. The highest BCUT2D eigenvalue weighted by Crippen LogP contribution is 2.26. The van der Waals surface area contributed by atoms with Crippen molar-refractivity contribution in [3.63, 3.8) is 0 Å². The highest BCUT2D eigenvalue weighted by Gasteiger charge is 2.23. The Morgan fingerprint density at radius 2 is 1.79 bits per heavy atom. The fourth-order valence-electron chi connectivity index (χ4n) is 5.10. The first-order valence-corrected chi connectivity index (χ1v) is 12.5. The molecule has 2 aliphatic rings. The summed E-state index contributed by atoms with van der Waals surface area (Å²) in [5.74, 6) is 1.89. The minimum Gasteiger partial charge on any atom is -0.493 e. The van der Waals surface area contributed by atoms with Crippen molar-refractivity contribution in [1.82, 2.24) is 28.9 Å². The van der Waals surface area contributed by atoms with E-state index in [1.54, 1.807) is 4.57 Å². The van der Waals surface area contributed by atoms with Crippen LogP contribution in [0, 0.1) is 0 Å². The summed E-state index contributed by atoms with van der Waals surface area (Å²) in [6.45, 7) is 11.6. The smallest absolute Gasteiger partial charge is 0.330 e. The number of hydrogen-bond donors (Lipinski definition) is 1. The average Bonchev–Trinajstić information content (AvgIpc) is 3.44. The quantitative estimate of drug-likeness (QED) is 0.546. The van der Waals surface area contributed by atoms with Gasteiger partial charge in [0.1, 0.15) is 11.6 Å². The molecule has 1 aromatic carbocycles. The van der Waals surface area contributed by atoms with Crippen molar-refractivity contribution < 1.29 is 4.74 Å². The molecule has 0 atom stereocenters. The summed E-state index contributed by atoms with van der Waals surface area (Å²) in [6.07, 6.45) is 2.84. The molecule has 0 saturated carbocycles. The fourth-order valence-corrected chi connectivity index (χ4v) is 5.10. The number of piperazine rings is 1. The van der Waals surface area contributed by atoms with Crippen molar-refractivity contribution in [2.24, 2.45) is 0 Å². The van der Waals surface area contributed by atoms with Crippen LogP contribution >= 0.6 is 0 Å². The fraction of sp³-hybridized carbons (Fsp3) is 0.560. The molecule has 0 bridgehead atoms. The number of nitrogens with one attached hydrogen (secondary N) is 1. The number of aromatic nitrogens is 4. The summed E-state index contributed by atoms with van der Waals surface area (Å²) >= 11 is 0. The minimum atomic E-state index is -0.370. The van der Waals surface area contributed by atoms with Gasteiger partial charge in [-0.1, -0.05) is 25.5 Å². The monoisotopic (exact) mass is 466 g/mol. The molecule has 1 fully saturated rings. The molecular formula is C25H34N6O3. The number of benzene rings is 1. The molecule has 9 heteroatoms. The van der Waals surface area contributed by atoms with Crippen molar-refractivity contribution in [2.75, 3.05) is 32.8 Å². The third kappa shape index (κ3) is 4.42. The van der Waals surface area contributed by atoms with E-state index in [9.17, 15) is 9.59 Å². The lowest BCUT2D eigenvalue weighted by molar-refractivity contribution is 0.119. The van der Waals surface area contributed by atoms with E-state index in [1.165, 1.54) is 11.1 Å². The van der Waals surface area contributed by atoms with E-state index in [-0.39, 0.29) is 11.2 Å². The number of H-pyrrole nitrogens is 1. The van der Waals surface area contributed by atoms with E-state index in [1.807, 2.05) is 11.5 Å². The van der Waals surface area contributed by atoms with Crippen LogP contribution in [0.2, 0.25) is 0 Å². The predicted molar refractivity (Wildman–Crippen MR) is 131 cm³/mol. The maximum Gasteiger partial charge on any atom is 0.330 e. The average molecular weight is 467 g/mol. The molecule has 2 aromatic heterocycles. The molecule has 2 aliphatic heterocycles.